The number of carbonyl (C=O) groups excluding carboxylic acids is 1. The third-order valence-corrected chi connectivity index (χ3v) is 2.80. The molecule has 1 aromatic heterocycles. The number of rotatable bonds is 7. The first kappa shape index (κ1) is 13.3. The summed E-state index contributed by atoms with van der Waals surface area (Å²) in [4.78, 5) is 26.1. The highest BCUT2D eigenvalue weighted by molar-refractivity contribution is 5.85. The van der Waals surface area contributed by atoms with Crippen LogP contribution in [-0.2, 0) is 4.79 Å². The van der Waals surface area contributed by atoms with Gasteiger partial charge in [-0.25, -0.2) is 9.78 Å². The molecule has 1 aromatic rings. The average molecular weight is 263 g/mol. The highest BCUT2D eigenvalue weighted by Crippen LogP contribution is 2.18. The lowest BCUT2D eigenvalue weighted by molar-refractivity contribution is -0.121. The number of carboxylic acids is 1. The molecule has 1 fully saturated rings. The molecule has 0 radical (unpaired) electrons. The molecule has 0 saturated heterocycles. The molecule has 1 amide bonds. The van der Waals surface area contributed by atoms with Gasteiger partial charge in [0.15, 0.2) is 5.69 Å². The van der Waals surface area contributed by atoms with Crippen molar-refractivity contribution in [3.63, 3.8) is 0 Å². The Labute approximate surface area is 111 Å². The molecule has 2 rings (SSSR count). The summed E-state index contributed by atoms with van der Waals surface area (Å²) >= 11 is 0. The number of anilines is 1. The standard InChI is InChI=1S/C13H17N3O3/c17-12(15-9-6-7-9)5-2-8-14-11-4-1-3-10(16-11)13(18)19/h1,3-4,9H,2,5-8H2,(H,14,16)(H,15,17)(H,18,19). The minimum absolute atomic E-state index is 0.0106. The van der Waals surface area contributed by atoms with Gasteiger partial charge in [0.1, 0.15) is 5.82 Å². The zero-order chi connectivity index (χ0) is 13.7. The Hall–Kier alpha value is -2.11. The van der Waals surface area contributed by atoms with Crippen molar-refractivity contribution in [1.29, 1.82) is 0 Å². The Kier molecular flexibility index (Phi) is 4.33. The van der Waals surface area contributed by atoms with Crippen LogP contribution >= 0.6 is 0 Å². The molecule has 3 N–H and O–H groups in total. The van der Waals surface area contributed by atoms with Gasteiger partial charge in [-0.1, -0.05) is 6.07 Å². The summed E-state index contributed by atoms with van der Waals surface area (Å²) in [7, 11) is 0. The lowest BCUT2D eigenvalue weighted by Gasteiger charge is -2.06. The lowest BCUT2D eigenvalue weighted by atomic mass is 10.3. The van der Waals surface area contributed by atoms with Crippen LogP contribution in [0.25, 0.3) is 0 Å². The predicted molar refractivity (Wildman–Crippen MR) is 70.1 cm³/mol. The number of hydrogen-bond donors (Lipinski definition) is 3. The number of amides is 1. The van der Waals surface area contributed by atoms with Gasteiger partial charge in [0.05, 0.1) is 0 Å². The van der Waals surface area contributed by atoms with E-state index in [9.17, 15) is 9.59 Å². The normalized spacial score (nSPS) is 13.9. The zero-order valence-corrected chi connectivity index (χ0v) is 10.6. The van der Waals surface area contributed by atoms with E-state index in [4.69, 9.17) is 5.11 Å². The molecule has 0 aliphatic heterocycles. The minimum atomic E-state index is -1.05. The molecule has 19 heavy (non-hydrogen) atoms. The Morgan fingerprint density at radius 3 is 2.84 bits per heavy atom. The van der Waals surface area contributed by atoms with Crippen LogP contribution in [0, 0.1) is 0 Å². The second-order valence-corrected chi connectivity index (χ2v) is 4.59. The summed E-state index contributed by atoms with van der Waals surface area (Å²) in [6, 6.07) is 5.18. The van der Waals surface area contributed by atoms with Crippen molar-refractivity contribution >= 4 is 17.7 Å². The van der Waals surface area contributed by atoms with Crippen molar-refractivity contribution in [3.8, 4) is 0 Å². The van der Waals surface area contributed by atoms with Crippen molar-refractivity contribution in [2.24, 2.45) is 0 Å². The van der Waals surface area contributed by atoms with Gasteiger partial charge in [-0.05, 0) is 31.4 Å². The largest absolute Gasteiger partial charge is 0.477 e. The monoisotopic (exact) mass is 263 g/mol. The predicted octanol–water partition coefficient (Wildman–Crippen LogP) is 1.25. The molecule has 1 heterocycles. The SMILES string of the molecule is O=C(CCCNc1cccc(C(=O)O)n1)NC1CC1. The van der Waals surface area contributed by atoms with Crippen LogP contribution in [0.1, 0.15) is 36.2 Å². The van der Waals surface area contributed by atoms with Crippen LogP contribution in [0.15, 0.2) is 18.2 Å². The summed E-state index contributed by atoms with van der Waals surface area (Å²) in [5.74, 6) is -0.452. The number of hydrogen-bond acceptors (Lipinski definition) is 4. The second kappa shape index (κ2) is 6.17. The maximum Gasteiger partial charge on any atom is 0.354 e. The Morgan fingerprint density at radius 2 is 2.16 bits per heavy atom. The molecular formula is C13H17N3O3. The van der Waals surface area contributed by atoms with Crippen LogP contribution in [0.4, 0.5) is 5.82 Å². The Balaban J connectivity index is 1.68. The van der Waals surface area contributed by atoms with Crippen LogP contribution in [-0.4, -0.2) is 34.6 Å². The van der Waals surface area contributed by atoms with Crippen molar-refractivity contribution < 1.29 is 14.7 Å². The summed E-state index contributed by atoms with van der Waals surface area (Å²) in [5.41, 5.74) is 0.0106. The van der Waals surface area contributed by atoms with E-state index in [1.807, 2.05) is 0 Å². The van der Waals surface area contributed by atoms with E-state index in [1.165, 1.54) is 6.07 Å². The number of carboxylic acid groups (broad SMARTS) is 1. The summed E-state index contributed by atoms with van der Waals surface area (Å²) < 4.78 is 0. The highest BCUT2D eigenvalue weighted by atomic mass is 16.4. The van der Waals surface area contributed by atoms with Gasteiger partial charge in [0.25, 0.3) is 0 Å². The van der Waals surface area contributed by atoms with Gasteiger partial charge < -0.3 is 15.7 Å². The van der Waals surface area contributed by atoms with E-state index in [2.05, 4.69) is 15.6 Å². The second-order valence-electron chi connectivity index (χ2n) is 4.59. The first-order chi connectivity index (χ1) is 9.15. The number of nitrogens with one attached hydrogen (secondary N) is 2. The van der Waals surface area contributed by atoms with Gasteiger partial charge >= 0.3 is 5.97 Å². The van der Waals surface area contributed by atoms with Crippen LogP contribution in [0.2, 0.25) is 0 Å². The molecule has 6 nitrogen and oxygen atoms in total. The van der Waals surface area contributed by atoms with E-state index >= 15 is 0 Å². The number of aromatic carboxylic acids is 1. The third kappa shape index (κ3) is 4.57. The average Bonchev–Trinajstić information content (AvgIpc) is 3.19. The molecule has 1 aliphatic carbocycles. The van der Waals surface area contributed by atoms with E-state index in [0.717, 1.165) is 12.8 Å². The van der Waals surface area contributed by atoms with E-state index in [1.54, 1.807) is 12.1 Å². The van der Waals surface area contributed by atoms with Gasteiger partial charge in [0, 0.05) is 19.0 Å². The maximum atomic E-state index is 11.4. The van der Waals surface area contributed by atoms with E-state index in [-0.39, 0.29) is 11.6 Å². The summed E-state index contributed by atoms with van der Waals surface area (Å²) in [6.45, 7) is 0.591. The molecule has 0 bridgehead atoms. The molecule has 0 unspecified atom stereocenters. The first-order valence-corrected chi connectivity index (χ1v) is 6.39. The molecule has 102 valence electrons. The third-order valence-electron chi connectivity index (χ3n) is 2.80. The van der Waals surface area contributed by atoms with E-state index < -0.39 is 5.97 Å². The smallest absolute Gasteiger partial charge is 0.354 e. The van der Waals surface area contributed by atoms with Crippen LogP contribution in [0.5, 0.6) is 0 Å². The molecule has 0 spiro atoms. The van der Waals surface area contributed by atoms with Gasteiger partial charge in [-0.2, -0.15) is 0 Å². The van der Waals surface area contributed by atoms with Crippen molar-refractivity contribution in [2.45, 2.75) is 31.7 Å². The molecule has 6 heteroatoms. The molecule has 0 atom stereocenters. The summed E-state index contributed by atoms with van der Waals surface area (Å²) in [6.07, 6.45) is 3.35. The van der Waals surface area contributed by atoms with Crippen molar-refractivity contribution in [1.82, 2.24) is 10.3 Å². The van der Waals surface area contributed by atoms with Crippen molar-refractivity contribution in [2.75, 3.05) is 11.9 Å². The van der Waals surface area contributed by atoms with E-state index in [0.29, 0.717) is 31.2 Å². The zero-order valence-electron chi connectivity index (χ0n) is 10.6. The van der Waals surface area contributed by atoms with Gasteiger partial charge in [-0.15, -0.1) is 0 Å². The maximum absolute atomic E-state index is 11.4. The first-order valence-electron chi connectivity index (χ1n) is 6.39. The Morgan fingerprint density at radius 1 is 1.37 bits per heavy atom. The van der Waals surface area contributed by atoms with Crippen LogP contribution in [0.3, 0.4) is 0 Å². The quantitative estimate of drug-likeness (QED) is 0.644. The summed E-state index contributed by atoms with van der Waals surface area (Å²) in [5, 5.41) is 14.7. The fourth-order valence-electron chi connectivity index (χ4n) is 1.65. The molecule has 0 aromatic carbocycles. The van der Waals surface area contributed by atoms with Crippen LogP contribution < -0.4 is 10.6 Å². The molecule has 1 saturated carbocycles. The van der Waals surface area contributed by atoms with Crippen molar-refractivity contribution in [3.05, 3.63) is 23.9 Å². The topological polar surface area (TPSA) is 91.3 Å². The number of aromatic nitrogens is 1. The Bertz CT molecular complexity index is 472. The fraction of sp³-hybridized carbons (Fsp3) is 0.462. The number of pyridine rings is 1. The lowest BCUT2D eigenvalue weighted by Crippen LogP contribution is -2.25. The molecule has 1 aliphatic rings. The van der Waals surface area contributed by atoms with Gasteiger partial charge in [-0.3, -0.25) is 4.79 Å². The highest BCUT2D eigenvalue weighted by Gasteiger charge is 2.22. The minimum Gasteiger partial charge on any atom is -0.477 e. The number of carbonyl (C=O) groups is 2. The molecular weight excluding hydrogens is 246 g/mol. The number of nitrogens with zero attached hydrogens (tertiary/aromatic N) is 1. The fourth-order valence-corrected chi connectivity index (χ4v) is 1.65. The van der Waals surface area contributed by atoms with Gasteiger partial charge in [0.2, 0.25) is 5.91 Å².